The fraction of sp³-hybridized carbons (Fsp3) is 0.235. The van der Waals surface area contributed by atoms with Crippen LogP contribution in [0.1, 0.15) is 6.92 Å². The van der Waals surface area contributed by atoms with Crippen LogP contribution in [0.5, 0.6) is 23.0 Å². The van der Waals surface area contributed by atoms with Crippen molar-refractivity contribution < 1.29 is 28.7 Å². The first kappa shape index (κ1) is 18.1. The average Bonchev–Trinajstić information content (AvgIpc) is 2.61. The Hall–Kier alpha value is -3.29. The number of carbonyl (C=O) groups excluding carboxylic acids is 1. The molecule has 0 aromatic heterocycles. The van der Waals surface area contributed by atoms with Gasteiger partial charge in [-0.05, 0) is 43.3 Å². The molecule has 0 atom stereocenters. The molecule has 0 aliphatic carbocycles. The van der Waals surface area contributed by atoms with E-state index >= 15 is 0 Å². The number of carbonyl (C=O) groups is 1. The summed E-state index contributed by atoms with van der Waals surface area (Å²) in [7, 11) is 1.40. The van der Waals surface area contributed by atoms with Crippen LogP contribution in [0.2, 0.25) is 0 Å². The molecule has 2 aromatic rings. The first-order valence-electron chi connectivity index (χ1n) is 7.42. The summed E-state index contributed by atoms with van der Waals surface area (Å²) in [6, 6.07) is 10.6. The van der Waals surface area contributed by atoms with E-state index in [-0.39, 0.29) is 11.4 Å². The molecule has 0 N–H and O–H groups in total. The molecular formula is C17H17NO7. The Kier molecular flexibility index (Phi) is 6.16. The van der Waals surface area contributed by atoms with E-state index in [2.05, 4.69) is 0 Å². The Bertz CT molecular complexity index is 743. The highest BCUT2D eigenvalue weighted by molar-refractivity contribution is 5.74. The normalized spacial score (nSPS) is 10.0. The molecule has 0 aliphatic rings. The van der Waals surface area contributed by atoms with E-state index in [9.17, 15) is 14.9 Å². The molecule has 8 nitrogen and oxygen atoms in total. The van der Waals surface area contributed by atoms with Gasteiger partial charge in [0.05, 0.1) is 24.7 Å². The van der Waals surface area contributed by atoms with Crippen LogP contribution >= 0.6 is 0 Å². The third-order valence-electron chi connectivity index (χ3n) is 3.07. The summed E-state index contributed by atoms with van der Waals surface area (Å²) in [5.74, 6) is 0.563. The zero-order valence-electron chi connectivity index (χ0n) is 13.8. The van der Waals surface area contributed by atoms with E-state index < -0.39 is 17.5 Å². The van der Waals surface area contributed by atoms with E-state index in [4.69, 9.17) is 18.9 Å². The number of esters is 1. The predicted octanol–water partition coefficient (Wildman–Crippen LogP) is 2.99. The van der Waals surface area contributed by atoms with Crippen molar-refractivity contribution in [2.45, 2.75) is 6.92 Å². The van der Waals surface area contributed by atoms with Crippen LogP contribution in [0, 0.1) is 10.1 Å². The lowest BCUT2D eigenvalue weighted by molar-refractivity contribution is -0.385. The number of nitro groups is 1. The van der Waals surface area contributed by atoms with Crippen LogP contribution in [0.25, 0.3) is 0 Å². The van der Waals surface area contributed by atoms with Crippen LogP contribution in [-0.2, 0) is 4.79 Å². The van der Waals surface area contributed by atoms with Crippen molar-refractivity contribution in [2.75, 3.05) is 20.3 Å². The summed E-state index contributed by atoms with van der Waals surface area (Å²) in [6.45, 7) is 1.93. The lowest BCUT2D eigenvalue weighted by Crippen LogP contribution is -2.18. The molecule has 0 spiro atoms. The molecule has 25 heavy (non-hydrogen) atoms. The van der Waals surface area contributed by atoms with E-state index in [0.717, 1.165) is 0 Å². The summed E-state index contributed by atoms with van der Waals surface area (Å²) in [6.07, 6.45) is 0. The van der Waals surface area contributed by atoms with Gasteiger partial charge in [0, 0.05) is 0 Å². The first-order chi connectivity index (χ1) is 12.0. The smallest absolute Gasteiger partial charge is 0.349 e. The molecule has 132 valence electrons. The second kappa shape index (κ2) is 8.53. The monoisotopic (exact) mass is 347 g/mol. The molecule has 2 rings (SSSR count). The highest BCUT2D eigenvalue weighted by Crippen LogP contribution is 2.31. The van der Waals surface area contributed by atoms with Crippen LogP contribution < -0.4 is 18.9 Å². The highest BCUT2D eigenvalue weighted by Gasteiger charge is 2.18. The van der Waals surface area contributed by atoms with Crippen LogP contribution in [0.4, 0.5) is 5.69 Å². The maximum atomic E-state index is 11.8. The second-order valence-electron chi connectivity index (χ2n) is 4.76. The maximum absolute atomic E-state index is 11.8. The van der Waals surface area contributed by atoms with Gasteiger partial charge in [-0.15, -0.1) is 0 Å². The number of nitro benzene ring substituents is 1. The summed E-state index contributed by atoms with van der Waals surface area (Å²) in [5.41, 5.74) is -0.298. The van der Waals surface area contributed by atoms with Crippen molar-refractivity contribution in [2.24, 2.45) is 0 Å². The van der Waals surface area contributed by atoms with Gasteiger partial charge < -0.3 is 18.9 Å². The highest BCUT2D eigenvalue weighted by atomic mass is 16.6. The van der Waals surface area contributed by atoms with Crippen LogP contribution in [0.15, 0.2) is 42.5 Å². The molecule has 0 saturated heterocycles. The number of rotatable bonds is 8. The van der Waals surface area contributed by atoms with Crippen molar-refractivity contribution in [3.8, 4) is 23.0 Å². The first-order valence-corrected chi connectivity index (χ1v) is 7.42. The van der Waals surface area contributed by atoms with Crippen molar-refractivity contribution in [3.05, 3.63) is 52.6 Å². The Labute approximate surface area is 144 Å². The Morgan fingerprint density at radius 1 is 1.04 bits per heavy atom. The Morgan fingerprint density at radius 2 is 1.68 bits per heavy atom. The summed E-state index contributed by atoms with van der Waals surface area (Å²) in [5, 5.41) is 11.1. The van der Waals surface area contributed by atoms with E-state index in [1.807, 2.05) is 6.92 Å². The molecule has 0 unspecified atom stereocenters. The summed E-state index contributed by atoms with van der Waals surface area (Å²) in [4.78, 5) is 22.3. The van der Waals surface area contributed by atoms with Crippen LogP contribution in [0.3, 0.4) is 0 Å². The van der Waals surface area contributed by atoms with Gasteiger partial charge >= 0.3 is 11.7 Å². The summed E-state index contributed by atoms with van der Waals surface area (Å²) < 4.78 is 20.5. The van der Waals surface area contributed by atoms with E-state index in [1.54, 1.807) is 24.3 Å². The number of benzene rings is 2. The fourth-order valence-electron chi connectivity index (χ4n) is 1.96. The zero-order valence-corrected chi connectivity index (χ0v) is 13.8. The van der Waals surface area contributed by atoms with Gasteiger partial charge in [-0.2, -0.15) is 0 Å². The molecule has 0 bridgehead atoms. The van der Waals surface area contributed by atoms with Gasteiger partial charge in [0.2, 0.25) is 0 Å². The average molecular weight is 347 g/mol. The molecule has 0 saturated carbocycles. The standard InChI is InChI=1S/C17H17NO7/c1-3-23-12-4-6-13(7-5-12)25-17(19)11-24-16-9-8-14(22-2)10-15(16)18(20)21/h4-10H,3,11H2,1-2H3. The van der Waals surface area contributed by atoms with Crippen molar-refractivity contribution in [1.82, 2.24) is 0 Å². The van der Waals surface area contributed by atoms with Crippen molar-refractivity contribution in [1.29, 1.82) is 0 Å². The van der Waals surface area contributed by atoms with Crippen molar-refractivity contribution >= 4 is 11.7 Å². The fourth-order valence-corrected chi connectivity index (χ4v) is 1.96. The quantitative estimate of drug-likeness (QED) is 0.313. The zero-order chi connectivity index (χ0) is 18.2. The molecule has 8 heteroatoms. The van der Waals surface area contributed by atoms with E-state index in [1.165, 1.54) is 25.3 Å². The minimum Gasteiger partial charge on any atom is -0.496 e. The number of ether oxygens (including phenoxy) is 4. The SMILES string of the molecule is CCOc1ccc(OC(=O)COc2ccc(OC)cc2[N+](=O)[O-])cc1. The lowest BCUT2D eigenvalue weighted by Gasteiger charge is -2.09. The molecule has 0 fully saturated rings. The van der Waals surface area contributed by atoms with Crippen LogP contribution in [-0.4, -0.2) is 31.2 Å². The third kappa shape index (κ3) is 5.10. The molecule has 2 aromatic carbocycles. The Balaban J connectivity index is 1.96. The van der Waals surface area contributed by atoms with E-state index in [0.29, 0.717) is 23.9 Å². The van der Waals surface area contributed by atoms with Gasteiger partial charge in [0.15, 0.2) is 12.4 Å². The van der Waals surface area contributed by atoms with Gasteiger partial charge in [0.25, 0.3) is 0 Å². The molecular weight excluding hydrogens is 330 g/mol. The molecule has 0 radical (unpaired) electrons. The second-order valence-corrected chi connectivity index (χ2v) is 4.76. The molecule has 0 heterocycles. The third-order valence-corrected chi connectivity index (χ3v) is 3.07. The number of hydrogen-bond donors (Lipinski definition) is 0. The number of hydrogen-bond acceptors (Lipinski definition) is 7. The largest absolute Gasteiger partial charge is 0.496 e. The minimum absolute atomic E-state index is 0.0468. The number of nitrogens with zero attached hydrogens (tertiary/aromatic N) is 1. The number of methoxy groups -OCH3 is 1. The van der Waals surface area contributed by atoms with Crippen molar-refractivity contribution in [3.63, 3.8) is 0 Å². The van der Waals surface area contributed by atoms with Gasteiger partial charge in [-0.1, -0.05) is 0 Å². The molecule has 0 aliphatic heterocycles. The molecule has 0 amide bonds. The maximum Gasteiger partial charge on any atom is 0.349 e. The predicted molar refractivity (Wildman–Crippen MR) is 88.4 cm³/mol. The van der Waals surface area contributed by atoms with Gasteiger partial charge in [-0.25, -0.2) is 4.79 Å². The topological polar surface area (TPSA) is 97.1 Å². The van der Waals surface area contributed by atoms with Gasteiger partial charge in [-0.3, -0.25) is 10.1 Å². The summed E-state index contributed by atoms with van der Waals surface area (Å²) >= 11 is 0. The lowest BCUT2D eigenvalue weighted by atomic mass is 10.3. The van der Waals surface area contributed by atoms with Gasteiger partial charge in [0.1, 0.15) is 17.2 Å². The minimum atomic E-state index is -0.686. The Morgan fingerprint density at radius 3 is 2.28 bits per heavy atom.